The first kappa shape index (κ1) is 21.3. The van der Waals surface area contributed by atoms with Crippen LogP contribution in [0.25, 0.3) is 10.6 Å². The van der Waals surface area contributed by atoms with Crippen LogP contribution >= 0.6 is 23.1 Å². The standard InChI is InChI=1S/C22H22FNO3S2/c1-4-18(22(25)26)27-19-10-9-17(11-13(19)2)28-12-20-14(3)24-21(29-20)15-5-7-16(23)8-6-15/h5-11,18H,4,12H2,1-3H3,(H,25,26). The van der Waals surface area contributed by atoms with Crippen molar-refractivity contribution < 1.29 is 19.0 Å². The van der Waals surface area contributed by atoms with Crippen molar-refractivity contribution in [1.82, 2.24) is 4.98 Å². The van der Waals surface area contributed by atoms with Crippen LogP contribution < -0.4 is 4.74 Å². The van der Waals surface area contributed by atoms with E-state index in [4.69, 9.17) is 9.84 Å². The van der Waals surface area contributed by atoms with E-state index < -0.39 is 12.1 Å². The molecule has 0 amide bonds. The second-order valence-electron chi connectivity index (χ2n) is 6.60. The fourth-order valence-corrected chi connectivity index (χ4v) is 4.94. The molecule has 1 N–H and O–H groups in total. The lowest BCUT2D eigenvalue weighted by molar-refractivity contribution is -0.145. The zero-order chi connectivity index (χ0) is 21.0. The molecule has 0 bridgehead atoms. The molecule has 0 saturated heterocycles. The summed E-state index contributed by atoms with van der Waals surface area (Å²) in [5.74, 6) is 0.158. The Kier molecular flexibility index (Phi) is 6.92. The maximum atomic E-state index is 13.1. The zero-order valence-corrected chi connectivity index (χ0v) is 18.1. The molecule has 0 aliphatic rings. The topological polar surface area (TPSA) is 59.4 Å². The van der Waals surface area contributed by atoms with Gasteiger partial charge in [0.25, 0.3) is 0 Å². The van der Waals surface area contributed by atoms with Crippen LogP contribution in [-0.4, -0.2) is 22.2 Å². The second-order valence-corrected chi connectivity index (χ2v) is 8.74. The number of carboxylic acids is 1. The van der Waals surface area contributed by atoms with Crippen molar-refractivity contribution >= 4 is 29.1 Å². The molecule has 152 valence electrons. The van der Waals surface area contributed by atoms with Crippen molar-refractivity contribution in [3.63, 3.8) is 0 Å². The van der Waals surface area contributed by atoms with Gasteiger partial charge in [0, 0.05) is 21.1 Å². The Balaban J connectivity index is 1.68. The minimum absolute atomic E-state index is 0.255. The van der Waals surface area contributed by atoms with Crippen molar-refractivity contribution in [1.29, 1.82) is 0 Å². The van der Waals surface area contributed by atoms with Crippen molar-refractivity contribution in [2.24, 2.45) is 0 Å². The monoisotopic (exact) mass is 431 g/mol. The quantitative estimate of drug-likeness (QED) is 0.437. The maximum absolute atomic E-state index is 13.1. The molecule has 0 aliphatic heterocycles. The number of benzene rings is 2. The van der Waals surface area contributed by atoms with Crippen LogP contribution in [0.1, 0.15) is 29.5 Å². The predicted molar refractivity (Wildman–Crippen MR) is 115 cm³/mol. The fourth-order valence-electron chi connectivity index (χ4n) is 2.73. The van der Waals surface area contributed by atoms with E-state index in [0.29, 0.717) is 12.2 Å². The highest BCUT2D eigenvalue weighted by molar-refractivity contribution is 7.98. The number of aliphatic carboxylic acids is 1. The maximum Gasteiger partial charge on any atom is 0.344 e. The van der Waals surface area contributed by atoms with Gasteiger partial charge in [-0.25, -0.2) is 14.2 Å². The van der Waals surface area contributed by atoms with Crippen molar-refractivity contribution in [2.75, 3.05) is 0 Å². The van der Waals surface area contributed by atoms with Gasteiger partial charge < -0.3 is 9.84 Å². The second kappa shape index (κ2) is 9.41. The van der Waals surface area contributed by atoms with Gasteiger partial charge in [0.15, 0.2) is 6.10 Å². The number of aryl methyl sites for hydroxylation is 2. The van der Waals surface area contributed by atoms with Gasteiger partial charge in [-0.2, -0.15) is 0 Å². The van der Waals surface area contributed by atoms with Gasteiger partial charge in [-0.3, -0.25) is 0 Å². The van der Waals surface area contributed by atoms with Crippen LogP contribution in [-0.2, 0) is 10.5 Å². The molecule has 1 atom stereocenters. The average Bonchev–Trinajstić information content (AvgIpc) is 3.06. The Morgan fingerprint density at radius 3 is 2.59 bits per heavy atom. The summed E-state index contributed by atoms with van der Waals surface area (Å²) in [6, 6.07) is 12.2. The highest BCUT2D eigenvalue weighted by Gasteiger charge is 2.18. The Labute approximate surface area is 177 Å². The molecular weight excluding hydrogens is 409 g/mol. The molecule has 0 saturated carbocycles. The van der Waals surface area contributed by atoms with E-state index in [1.54, 1.807) is 42.2 Å². The van der Waals surface area contributed by atoms with Crippen molar-refractivity contribution in [3.05, 3.63) is 64.4 Å². The first-order valence-electron chi connectivity index (χ1n) is 9.22. The summed E-state index contributed by atoms with van der Waals surface area (Å²) in [7, 11) is 0. The first-order chi connectivity index (χ1) is 13.9. The van der Waals surface area contributed by atoms with Crippen LogP contribution in [0.2, 0.25) is 0 Å². The van der Waals surface area contributed by atoms with Gasteiger partial charge in [-0.15, -0.1) is 23.1 Å². The van der Waals surface area contributed by atoms with E-state index in [2.05, 4.69) is 4.98 Å². The number of thioether (sulfide) groups is 1. The smallest absolute Gasteiger partial charge is 0.344 e. The fraction of sp³-hybridized carbons (Fsp3) is 0.273. The van der Waals surface area contributed by atoms with Crippen LogP contribution in [0.5, 0.6) is 5.75 Å². The number of aromatic nitrogens is 1. The number of carbonyl (C=O) groups is 1. The first-order valence-corrected chi connectivity index (χ1v) is 11.0. The highest BCUT2D eigenvalue weighted by Crippen LogP contribution is 2.34. The number of hydrogen-bond acceptors (Lipinski definition) is 5. The summed E-state index contributed by atoms with van der Waals surface area (Å²) in [6.07, 6.45) is -0.427. The Morgan fingerprint density at radius 1 is 1.24 bits per heavy atom. The van der Waals surface area contributed by atoms with Gasteiger partial charge in [0.1, 0.15) is 16.6 Å². The molecule has 29 heavy (non-hydrogen) atoms. The van der Waals surface area contributed by atoms with Crippen LogP contribution in [0.4, 0.5) is 4.39 Å². The van der Waals surface area contributed by atoms with Gasteiger partial charge >= 0.3 is 5.97 Å². The van der Waals surface area contributed by atoms with Crippen molar-refractivity contribution in [2.45, 2.75) is 43.9 Å². The molecule has 0 aliphatic carbocycles. The number of halogens is 1. The summed E-state index contributed by atoms with van der Waals surface area (Å²) < 4.78 is 18.7. The molecule has 0 spiro atoms. The molecule has 1 unspecified atom stereocenters. The van der Waals surface area contributed by atoms with E-state index >= 15 is 0 Å². The SMILES string of the molecule is CCC(Oc1ccc(SCc2sc(-c3ccc(F)cc3)nc2C)cc1C)C(=O)O. The normalized spacial score (nSPS) is 12.0. The van der Waals surface area contributed by atoms with E-state index in [9.17, 15) is 9.18 Å². The minimum atomic E-state index is -0.956. The summed E-state index contributed by atoms with van der Waals surface area (Å²) in [5, 5.41) is 10.0. The number of nitrogens with zero attached hydrogens (tertiary/aromatic N) is 1. The summed E-state index contributed by atoms with van der Waals surface area (Å²) in [5.41, 5.74) is 2.80. The van der Waals surface area contributed by atoms with Gasteiger partial charge in [0.2, 0.25) is 0 Å². The van der Waals surface area contributed by atoms with Gasteiger partial charge in [-0.1, -0.05) is 6.92 Å². The third-order valence-corrected chi connectivity index (χ3v) is 6.83. The molecule has 3 rings (SSSR count). The molecule has 3 aromatic rings. The zero-order valence-electron chi connectivity index (χ0n) is 16.4. The number of rotatable bonds is 8. The van der Waals surface area contributed by atoms with E-state index in [-0.39, 0.29) is 5.82 Å². The van der Waals surface area contributed by atoms with Crippen LogP contribution in [0.15, 0.2) is 47.4 Å². The predicted octanol–water partition coefficient (Wildman–Crippen LogP) is 6.10. The van der Waals surface area contributed by atoms with E-state index in [0.717, 1.165) is 32.5 Å². The molecular formula is C22H22FNO3S2. The number of thiazole rings is 1. The molecule has 0 fully saturated rings. The van der Waals surface area contributed by atoms with Gasteiger partial charge in [0.05, 0.1) is 5.69 Å². The summed E-state index contributed by atoms with van der Waals surface area (Å²) >= 11 is 3.31. The Bertz CT molecular complexity index is 1000. The molecule has 1 heterocycles. The van der Waals surface area contributed by atoms with E-state index in [1.807, 2.05) is 32.0 Å². The summed E-state index contributed by atoms with van der Waals surface area (Å²) in [6.45, 7) is 5.69. The highest BCUT2D eigenvalue weighted by atomic mass is 32.2. The number of ether oxygens (including phenoxy) is 1. The van der Waals surface area contributed by atoms with Crippen LogP contribution in [0.3, 0.4) is 0 Å². The van der Waals surface area contributed by atoms with Crippen LogP contribution in [0, 0.1) is 19.7 Å². The van der Waals surface area contributed by atoms with E-state index in [1.165, 1.54) is 17.0 Å². The lowest BCUT2D eigenvalue weighted by Crippen LogP contribution is -2.26. The minimum Gasteiger partial charge on any atom is -0.479 e. The number of hydrogen-bond donors (Lipinski definition) is 1. The Hall–Kier alpha value is -2.38. The van der Waals surface area contributed by atoms with Crippen molar-refractivity contribution in [3.8, 4) is 16.3 Å². The number of carboxylic acid groups (broad SMARTS) is 1. The lowest BCUT2D eigenvalue weighted by Gasteiger charge is -2.15. The molecule has 4 nitrogen and oxygen atoms in total. The Morgan fingerprint density at radius 2 is 1.97 bits per heavy atom. The third kappa shape index (κ3) is 5.36. The molecule has 1 aromatic heterocycles. The average molecular weight is 432 g/mol. The third-order valence-electron chi connectivity index (χ3n) is 4.42. The lowest BCUT2D eigenvalue weighted by atomic mass is 10.2. The summed E-state index contributed by atoms with van der Waals surface area (Å²) in [4.78, 5) is 18.0. The molecule has 2 aromatic carbocycles. The largest absolute Gasteiger partial charge is 0.479 e. The molecule has 7 heteroatoms. The molecule has 0 radical (unpaired) electrons. The van der Waals surface area contributed by atoms with Gasteiger partial charge in [-0.05, 0) is 68.3 Å².